The van der Waals surface area contributed by atoms with Crippen molar-refractivity contribution in [2.45, 2.75) is 12.8 Å². The van der Waals surface area contributed by atoms with Gasteiger partial charge in [-0.25, -0.2) is 4.98 Å². The van der Waals surface area contributed by atoms with Gasteiger partial charge in [0.15, 0.2) is 0 Å². The van der Waals surface area contributed by atoms with Gasteiger partial charge in [-0.05, 0) is 39.5 Å². The fourth-order valence-corrected chi connectivity index (χ4v) is 1.45. The third kappa shape index (κ3) is 4.70. The number of rotatable bonds is 6. The average molecular weight is 233 g/mol. The molecule has 0 aliphatic heterocycles. The van der Waals surface area contributed by atoms with Crippen LogP contribution in [0.3, 0.4) is 0 Å². The molecule has 0 fully saturated rings. The van der Waals surface area contributed by atoms with Crippen molar-refractivity contribution in [3.63, 3.8) is 0 Å². The molecule has 0 aliphatic rings. The lowest BCUT2D eigenvalue weighted by Crippen LogP contribution is -2.14. The summed E-state index contributed by atoms with van der Waals surface area (Å²) in [6.45, 7) is 1.93. The molecule has 0 saturated heterocycles. The summed E-state index contributed by atoms with van der Waals surface area (Å²) in [5.41, 5.74) is 6.79. The van der Waals surface area contributed by atoms with Crippen LogP contribution in [-0.2, 0) is 0 Å². The highest BCUT2D eigenvalue weighted by Crippen LogP contribution is 2.15. The molecule has 1 aromatic heterocycles. The second kappa shape index (κ2) is 6.71. The van der Waals surface area contributed by atoms with Crippen LogP contribution < -0.4 is 11.1 Å². The summed E-state index contributed by atoms with van der Waals surface area (Å²) >= 11 is 0. The minimum atomic E-state index is 0.487. The van der Waals surface area contributed by atoms with Gasteiger partial charge in [0.05, 0.1) is 11.3 Å². The molecular weight excluding hydrogens is 214 g/mol. The van der Waals surface area contributed by atoms with Crippen LogP contribution in [0.5, 0.6) is 0 Å². The van der Waals surface area contributed by atoms with E-state index in [1.807, 2.05) is 6.07 Å². The summed E-state index contributed by atoms with van der Waals surface area (Å²) in [4.78, 5) is 6.27. The van der Waals surface area contributed by atoms with Gasteiger partial charge in [-0.1, -0.05) is 0 Å². The minimum Gasteiger partial charge on any atom is -0.396 e. The van der Waals surface area contributed by atoms with Gasteiger partial charge in [-0.15, -0.1) is 0 Å². The van der Waals surface area contributed by atoms with Crippen molar-refractivity contribution in [2.75, 3.05) is 38.2 Å². The number of hydrogen-bond acceptors (Lipinski definition) is 5. The summed E-state index contributed by atoms with van der Waals surface area (Å²) < 4.78 is 0. The van der Waals surface area contributed by atoms with Gasteiger partial charge in [0.1, 0.15) is 11.9 Å². The Morgan fingerprint density at radius 1 is 1.47 bits per heavy atom. The van der Waals surface area contributed by atoms with E-state index in [4.69, 9.17) is 11.0 Å². The lowest BCUT2D eigenvalue weighted by molar-refractivity contribution is 0.396. The maximum Gasteiger partial charge on any atom is 0.149 e. The first kappa shape index (κ1) is 13.3. The highest BCUT2D eigenvalue weighted by molar-refractivity contribution is 5.62. The Morgan fingerprint density at radius 2 is 2.24 bits per heavy atom. The van der Waals surface area contributed by atoms with E-state index in [0.717, 1.165) is 25.9 Å². The highest BCUT2D eigenvalue weighted by Gasteiger charge is 2.01. The SMILES string of the molecule is CN(C)CCCCNc1ncc(C#N)cc1N. The van der Waals surface area contributed by atoms with Gasteiger partial charge in [-0.2, -0.15) is 5.26 Å². The summed E-state index contributed by atoms with van der Waals surface area (Å²) in [5.74, 6) is 0.661. The Bertz CT molecular complexity index is 394. The van der Waals surface area contributed by atoms with Crippen molar-refractivity contribution in [1.29, 1.82) is 5.26 Å². The largest absolute Gasteiger partial charge is 0.396 e. The van der Waals surface area contributed by atoms with Crippen LogP contribution in [-0.4, -0.2) is 37.1 Å². The summed E-state index contributed by atoms with van der Waals surface area (Å²) in [6.07, 6.45) is 3.73. The third-order valence-corrected chi connectivity index (χ3v) is 2.37. The number of unbranched alkanes of at least 4 members (excludes halogenated alkanes) is 1. The molecular formula is C12H19N5. The van der Waals surface area contributed by atoms with Crippen molar-refractivity contribution in [2.24, 2.45) is 0 Å². The molecule has 17 heavy (non-hydrogen) atoms. The van der Waals surface area contributed by atoms with E-state index in [0.29, 0.717) is 17.1 Å². The molecule has 0 spiro atoms. The molecule has 3 N–H and O–H groups in total. The average Bonchev–Trinajstić information content (AvgIpc) is 2.30. The van der Waals surface area contributed by atoms with Crippen LogP contribution in [0.4, 0.5) is 11.5 Å². The maximum atomic E-state index is 8.68. The maximum absolute atomic E-state index is 8.68. The fourth-order valence-electron chi connectivity index (χ4n) is 1.45. The second-order valence-electron chi connectivity index (χ2n) is 4.21. The lowest BCUT2D eigenvalue weighted by Gasteiger charge is -2.10. The Hall–Kier alpha value is -1.80. The number of nitrogens with two attached hydrogens (primary N) is 1. The van der Waals surface area contributed by atoms with Gasteiger partial charge in [0, 0.05) is 12.7 Å². The lowest BCUT2D eigenvalue weighted by atomic mass is 10.2. The molecule has 0 aromatic carbocycles. The van der Waals surface area contributed by atoms with E-state index >= 15 is 0 Å². The summed E-state index contributed by atoms with van der Waals surface area (Å²) in [6, 6.07) is 3.64. The highest BCUT2D eigenvalue weighted by atomic mass is 15.0. The first-order valence-electron chi connectivity index (χ1n) is 5.67. The molecule has 0 aliphatic carbocycles. The standard InChI is InChI=1S/C12H19N5/c1-17(2)6-4-3-5-15-12-11(14)7-10(8-13)9-16-12/h7,9H,3-6,14H2,1-2H3,(H,15,16). The molecule has 1 aromatic rings. The number of anilines is 2. The number of aromatic nitrogens is 1. The van der Waals surface area contributed by atoms with Gasteiger partial charge in [0.2, 0.25) is 0 Å². The molecule has 1 heterocycles. The Balaban J connectivity index is 2.35. The quantitative estimate of drug-likeness (QED) is 0.724. The smallest absolute Gasteiger partial charge is 0.149 e. The van der Waals surface area contributed by atoms with Crippen LogP contribution in [0.1, 0.15) is 18.4 Å². The van der Waals surface area contributed by atoms with Crippen molar-refractivity contribution in [1.82, 2.24) is 9.88 Å². The van der Waals surface area contributed by atoms with E-state index in [9.17, 15) is 0 Å². The molecule has 1 rings (SSSR count). The first-order chi connectivity index (χ1) is 8.13. The summed E-state index contributed by atoms with van der Waals surface area (Å²) in [7, 11) is 4.13. The molecule has 92 valence electrons. The molecule has 0 bridgehead atoms. The van der Waals surface area contributed by atoms with Gasteiger partial charge >= 0.3 is 0 Å². The molecule has 5 nitrogen and oxygen atoms in total. The van der Waals surface area contributed by atoms with Crippen LogP contribution in [0.15, 0.2) is 12.3 Å². The third-order valence-electron chi connectivity index (χ3n) is 2.37. The summed E-state index contributed by atoms with van der Waals surface area (Å²) in [5, 5.41) is 11.9. The topological polar surface area (TPSA) is 78.0 Å². The van der Waals surface area contributed by atoms with Crippen LogP contribution in [0, 0.1) is 11.3 Å². The molecule has 0 saturated carbocycles. The molecule has 0 unspecified atom stereocenters. The zero-order valence-corrected chi connectivity index (χ0v) is 10.4. The van der Waals surface area contributed by atoms with Crippen molar-refractivity contribution in [3.8, 4) is 6.07 Å². The monoisotopic (exact) mass is 233 g/mol. The van der Waals surface area contributed by atoms with Gasteiger partial charge in [-0.3, -0.25) is 0 Å². The van der Waals surface area contributed by atoms with Gasteiger partial charge in [0.25, 0.3) is 0 Å². The van der Waals surface area contributed by atoms with E-state index in [1.54, 1.807) is 6.07 Å². The minimum absolute atomic E-state index is 0.487. The zero-order chi connectivity index (χ0) is 12.7. The number of nitrogen functional groups attached to an aromatic ring is 1. The van der Waals surface area contributed by atoms with Crippen molar-refractivity contribution in [3.05, 3.63) is 17.8 Å². The molecule has 5 heteroatoms. The molecule has 0 atom stereocenters. The predicted molar refractivity (Wildman–Crippen MR) is 69.6 cm³/mol. The van der Waals surface area contributed by atoms with E-state index in [-0.39, 0.29) is 0 Å². The molecule has 0 radical (unpaired) electrons. The van der Waals surface area contributed by atoms with Crippen LogP contribution >= 0.6 is 0 Å². The van der Waals surface area contributed by atoms with E-state index < -0.39 is 0 Å². The fraction of sp³-hybridized carbons (Fsp3) is 0.500. The number of nitrogens with zero attached hydrogens (tertiary/aromatic N) is 3. The normalized spacial score (nSPS) is 10.2. The second-order valence-corrected chi connectivity index (χ2v) is 4.21. The van der Waals surface area contributed by atoms with E-state index in [1.165, 1.54) is 6.20 Å². The number of nitrogens with one attached hydrogen (secondary N) is 1. The Kier molecular flexibility index (Phi) is 5.24. The number of hydrogen-bond donors (Lipinski definition) is 2. The molecule has 0 amide bonds. The van der Waals surface area contributed by atoms with E-state index in [2.05, 4.69) is 29.3 Å². The van der Waals surface area contributed by atoms with Crippen LogP contribution in [0.25, 0.3) is 0 Å². The Labute approximate surface area is 102 Å². The number of nitriles is 1. The first-order valence-corrected chi connectivity index (χ1v) is 5.67. The zero-order valence-electron chi connectivity index (χ0n) is 10.4. The van der Waals surface area contributed by atoms with Crippen LogP contribution in [0.2, 0.25) is 0 Å². The predicted octanol–water partition coefficient (Wildman–Crippen LogP) is 1.29. The van der Waals surface area contributed by atoms with Gasteiger partial charge < -0.3 is 16.0 Å². The van der Waals surface area contributed by atoms with Crippen molar-refractivity contribution < 1.29 is 0 Å². The Morgan fingerprint density at radius 3 is 2.82 bits per heavy atom. The van der Waals surface area contributed by atoms with Crippen molar-refractivity contribution >= 4 is 11.5 Å². The number of pyridine rings is 1.